The van der Waals surface area contributed by atoms with Crippen molar-refractivity contribution < 1.29 is 8.42 Å². The minimum absolute atomic E-state index is 0.0936. The molecule has 5 N–H and O–H groups in total. The maximum absolute atomic E-state index is 11.9. The zero-order valence-corrected chi connectivity index (χ0v) is 10.8. The first-order chi connectivity index (χ1) is 9.12. The lowest BCUT2D eigenvalue weighted by molar-refractivity contribution is 0.581. The third-order valence-electron chi connectivity index (χ3n) is 2.44. The van der Waals surface area contributed by atoms with Crippen molar-refractivity contribution in [2.45, 2.75) is 11.3 Å². The number of hydrogen-bond acceptors (Lipinski definition) is 6. The number of anilines is 1. The highest BCUT2D eigenvalue weighted by Crippen LogP contribution is 2.09. The lowest BCUT2D eigenvalue weighted by Crippen LogP contribution is -2.26. The molecule has 0 atom stereocenters. The summed E-state index contributed by atoms with van der Waals surface area (Å²) in [5, 5.41) is 0. The van der Waals surface area contributed by atoms with E-state index in [0.29, 0.717) is 12.2 Å². The highest BCUT2D eigenvalue weighted by Gasteiger charge is 2.13. The molecule has 0 aliphatic heterocycles. The number of sulfonamides is 1. The molecule has 0 fully saturated rings. The highest BCUT2D eigenvalue weighted by atomic mass is 32.2. The Hall–Kier alpha value is -1.97. The normalized spacial score (nSPS) is 11.4. The van der Waals surface area contributed by atoms with Gasteiger partial charge in [-0.25, -0.2) is 29.0 Å². The Kier molecular flexibility index (Phi) is 4.10. The zero-order valence-electron chi connectivity index (χ0n) is 10.00. The SMILES string of the molecule is NNc1ccc(S(=O)(=O)NCCc2cnc[nH]2)cn1. The van der Waals surface area contributed by atoms with Gasteiger partial charge in [0.25, 0.3) is 0 Å². The third-order valence-corrected chi connectivity index (χ3v) is 3.88. The van der Waals surface area contributed by atoms with Crippen molar-refractivity contribution in [1.29, 1.82) is 0 Å². The van der Waals surface area contributed by atoms with Gasteiger partial charge in [0.1, 0.15) is 10.7 Å². The lowest BCUT2D eigenvalue weighted by atomic mass is 10.3. The number of nitrogens with two attached hydrogens (primary N) is 1. The van der Waals surface area contributed by atoms with Crippen LogP contribution in [0.3, 0.4) is 0 Å². The van der Waals surface area contributed by atoms with E-state index in [4.69, 9.17) is 5.84 Å². The number of aromatic nitrogens is 3. The van der Waals surface area contributed by atoms with E-state index in [0.717, 1.165) is 5.69 Å². The fourth-order valence-corrected chi connectivity index (χ4v) is 2.43. The Morgan fingerprint density at radius 1 is 1.32 bits per heavy atom. The number of aromatic amines is 1. The van der Waals surface area contributed by atoms with Gasteiger partial charge in [0.2, 0.25) is 10.0 Å². The van der Waals surface area contributed by atoms with Gasteiger partial charge in [0.15, 0.2) is 0 Å². The second kappa shape index (κ2) is 5.78. The summed E-state index contributed by atoms with van der Waals surface area (Å²) in [4.78, 5) is 10.7. The molecule has 0 bridgehead atoms. The zero-order chi connectivity index (χ0) is 13.7. The van der Waals surface area contributed by atoms with E-state index in [2.05, 4.69) is 25.1 Å². The van der Waals surface area contributed by atoms with Crippen molar-refractivity contribution in [3.8, 4) is 0 Å². The molecule has 0 aliphatic carbocycles. The molecule has 19 heavy (non-hydrogen) atoms. The smallest absolute Gasteiger partial charge is 0.242 e. The van der Waals surface area contributed by atoms with Gasteiger partial charge in [0.05, 0.1) is 6.33 Å². The summed E-state index contributed by atoms with van der Waals surface area (Å²) < 4.78 is 26.3. The Bertz CT molecular complexity index is 608. The Morgan fingerprint density at radius 3 is 2.74 bits per heavy atom. The summed E-state index contributed by atoms with van der Waals surface area (Å²) in [5.41, 5.74) is 3.19. The van der Waals surface area contributed by atoms with E-state index in [9.17, 15) is 8.42 Å². The maximum Gasteiger partial charge on any atom is 0.242 e. The molecule has 102 valence electrons. The minimum atomic E-state index is -3.55. The van der Waals surface area contributed by atoms with E-state index in [1.54, 1.807) is 12.5 Å². The molecular formula is C10H14N6O2S. The lowest BCUT2D eigenvalue weighted by Gasteiger charge is -2.06. The van der Waals surface area contributed by atoms with Gasteiger partial charge in [-0.3, -0.25) is 0 Å². The van der Waals surface area contributed by atoms with Crippen LogP contribution in [-0.4, -0.2) is 29.9 Å². The van der Waals surface area contributed by atoms with Crippen molar-refractivity contribution in [3.63, 3.8) is 0 Å². The Balaban J connectivity index is 1.97. The summed E-state index contributed by atoms with van der Waals surface area (Å²) in [6, 6.07) is 2.92. The number of H-pyrrole nitrogens is 1. The molecule has 0 radical (unpaired) electrons. The van der Waals surface area contributed by atoms with Crippen molar-refractivity contribution in [2.24, 2.45) is 5.84 Å². The first kappa shape index (κ1) is 13.5. The van der Waals surface area contributed by atoms with Crippen LogP contribution in [0.1, 0.15) is 5.69 Å². The van der Waals surface area contributed by atoms with Gasteiger partial charge in [-0.15, -0.1) is 0 Å². The Labute approximate surface area is 110 Å². The van der Waals surface area contributed by atoms with E-state index < -0.39 is 10.0 Å². The predicted octanol–water partition coefficient (Wildman–Crippen LogP) is -0.389. The van der Waals surface area contributed by atoms with Crippen molar-refractivity contribution >= 4 is 15.8 Å². The van der Waals surface area contributed by atoms with Crippen LogP contribution in [0.2, 0.25) is 0 Å². The fraction of sp³-hybridized carbons (Fsp3) is 0.200. The van der Waals surface area contributed by atoms with Crippen LogP contribution in [0, 0.1) is 0 Å². The van der Waals surface area contributed by atoms with Gasteiger partial charge in [-0.1, -0.05) is 0 Å². The molecular weight excluding hydrogens is 268 g/mol. The molecule has 0 aliphatic rings. The van der Waals surface area contributed by atoms with Crippen LogP contribution in [0.5, 0.6) is 0 Å². The molecule has 0 spiro atoms. The standard InChI is InChI=1S/C10H14N6O2S/c11-16-10-2-1-9(6-13-10)19(17,18)15-4-3-8-5-12-7-14-8/h1-2,5-7,15H,3-4,11H2,(H,12,14)(H,13,16). The molecule has 0 saturated carbocycles. The van der Waals surface area contributed by atoms with Gasteiger partial charge in [-0.2, -0.15) is 0 Å². The molecule has 0 unspecified atom stereocenters. The molecule has 0 saturated heterocycles. The Morgan fingerprint density at radius 2 is 2.16 bits per heavy atom. The van der Waals surface area contributed by atoms with Gasteiger partial charge in [0, 0.05) is 31.1 Å². The van der Waals surface area contributed by atoms with Crippen LogP contribution >= 0.6 is 0 Å². The second-order valence-corrected chi connectivity index (χ2v) is 5.52. The summed E-state index contributed by atoms with van der Waals surface area (Å²) in [6.07, 6.45) is 4.98. The maximum atomic E-state index is 11.9. The fourth-order valence-electron chi connectivity index (χ4n) is 1.45. The first-order valence-corrected chi connectivity index (χ1v) is 7.00. The highest BCUT2D eigenvalue weighted by molar-refractivity contribution is 7.89. The predicted molar refractivity (Wildman–Crippen MR) is 69.5 cm³/mol. The number of rotatable bonds is 6. The number of nitrogens with one attached hydrogen (secondary N) is 3. The van der Waals surface area contributed by atoms with Gasteiger partial charge < -0.3 is 10.4 Å². The van der Waals surface area contributed by atoms with E-state index in [1.165, 1.54) is 18.3 Å². The molecule has 2 aromatic heterocycles. The molecule has 8 nitrogen and oxygen atoms in total. The summed E-state index contributed by atoms with van der Waals surface area (Å²) in [6.45, 7) is 0.279. The number of pyridine rings is 1. The monoisotopic (exact) mass is 282 g/mol. The van der Waals surface area contributed by atoms with E-state index >= 15 is 0 Å². The van der Waals surface area contributed by atoms with Crippen molar-refractivity contribution in [1.82, 2.24) is 19.7 Å². The number of nitrogen functional groups attached to an aromatic ring is 1. The quantitative estimate of drug-likeness (QED) is 0.422. The van der Waals surface area contributed by atoms with Crippen LogP contribution in [0.25, 0.3) is 0 Å². The topological polar surface area (TPSA) is 126 Å². The molecule has 0 amide bonds. The molecule has 2 rings (SSSR count). The third kappa shape index (κ3) is 3.50. The summed E-state index contributed by atoms with van der Waals surface area (Å²) in [7, 11) is -3.55. The van der Waals surface area contributed by atoms with Crippen molar-refractivity contribution in [2.75, 3.05) is 12.0 Å². The van der Waals surface area contributed by atoms with Crippen LogP contribution in [0.15, 0.2) is 35.7 Å². The average Bonchev–Trinajstić information content (AvgIpc) is 2.92. The van der Waals surface area contributed by atoms with Gasteiger partial charge >= 0.3 is 0 Å². The number of nitrogens with zero attached hydrogens (tertiary/aromatic N) is 2. The first-order valence-electron chi connectivity index (χ1n) is 5.51. The summed E-state index contributed by atoms with van der Waals surface area (Å²) in [5.74, 6) is 5.56. The number of hydrogen-bond donors (Lipinski definition) is 4. The average molecular weight is 282 g/mol. The van der Waals surface area contributed by atoms with Crippen LogP contribution in [0.4, 0.5) is 5.82 Å². The van der Waals surface area contributed by atoms with E-state index in [1.807, 2.05) is 0 Å². The van der Waals surface area contributed by atoms with Gasteiger partial charge in [-0.05, 0) is 12.1 Å². The number of hydrazine groups is 1. The number of imidazole rings is 1. The molecule has 2 heterocycles. The largest absolute Gasteiger partial charge is 0.348 e. The van der Waals surface area contributed by atoms with Crippen molar-refractivity contribution in [3.05, 3.63) is 36.5 Å². The molecule has 9 heteroatoms. The minimum Gasteiger partial charge on any atom is -0.348 e. The second-order valence-electron chi connectivity index (χ2n) is 3.75. The molecule has 2 aromatic rings. The summed E-state index contributed by atoms with van der Waals surface area (Å²) >= 11 is 0. The molecule has 0 aromatic carbocycles. The van der Waals surface area contributed by atoms with E-state index in [-0.39, 0.29) is 11.4 Å². The van der Waals surface area contributed by atoms with Crippen LogP contribution in [-0.2, 0) is 16.4 Å². The van der Waals surface area contributed by atoms with Crippen LogP contribution < -0.4 is 16.0 Å².